The third-order valence-corrected chi connectivity index (χ3v) is 11.1. The van der Waals surface area contributed by atoms with Crippen LogP contribution in [-0.4, -0.2) is 0 Å². The zero-order chi connectivity index (χ0) is 18.4. The molecule has 1 aromatic carbocycles. The van der Waals surface area contributed by atoms with Crippen molar-refractivity contribution in [2.75, 3.05) is 0 Å². The molecule has 0 aliphatic heterocycles. The van der Waals surface area contributed by atoms with Crippen molar-refractivity contribution < 1.29 is 0 Å². The standard InChI is InChI=1S/C27H36S/c28-27-25(23-11-16-2-5-19(23)8-16)13-21(22-10-15-1-4-18(22)7-15)14-26(27)24-12-17-3-6-20(24)9-17/h13-20,22-24,28H,1-12H2. The van der Waals surface area contributed by atoms with Crippen LogP contribution in [0, 0.1) is 35.5 Å². The number of benzene rings is 1. The second-order valence-electron chi connectivity index (χ2n) is 11.9. The van der Waals surface area contributed by atoms with Crippen molar-refractivity contribution in [3.8, 4) is 0 Å². The van der Waals surface area contributed by atoms with Crippen molar-refractivity contribution in [3.05, 3.63) is 28.8 Å². The Bertz CT molecular complexity index is 746. The molecule has 9 atom stereocenters. The van der Waals surface area contributed by atoms with Gasteiger partial charge in [0.2, 0.25) is 0 Å². The van der Waals surface area contributed by atoms with Crippen molar-refractivity contribution in [1.82, 2.24) is 0 Å². The molecule has 150 valence electrons. The van der Waals surface area contributed by atoms with Crippen molar-refractivity contribution >= 4 is 12.6 Å². The van der Waals surface area contributed by atoms with Crippen LogP contribution in [-0.2, 0) is 0 Å². The second-order valence-corrected chi connectivity index (χ2v) is 12.3. The highest BCUT2D eigenvalue weighted by Gasteiger charge is 2.45. The molecular formula is C27H36S. The molecule has 6 aliphatic rings. The van der Waals surface area contributed by atoms with Crippen LogP contribution in [0.25, 0.3) is 0 Å². The minimum atomic E-state index is 0.835. The van der Waals surface area contributed by atoms with Crippen LogP contribution in [0.4, 0.5) is 0 Å². The monoisotopic (exact) mass is 392 g/mol. The zero-order valence-electron chi connectivity index (χ0n) is 17.3. The van der Waals surface area contributed by atoms with E-state index in [0.29, 0.717) is 0 Å². The van der Waals surface area contributed by atoms with Gasteiger partial charge in [-0.2, -0.15) is 0 Å². The molecule has 9 unspecified atom stereocenters. The maximum Gasteiger partial charge on any atom is 0.0110 e. The van der Waals surface area contributed by atoms with E-state index in [4.69, 9.17) is 12.6 Å². The van der Waals surface area contributed by atoms with Crippen molar-refractivity contribution in [2.24, 2.45) is 35.5 Å². The summed E-state index contributed by atoms with van der Waals surface area (Å²) in [5.74, 6) is 8.59. The molecule has 0 spiro atoms. The summed E-state index contributed by atoms with van der Waals surface area (Å²) in [4.78, 5) is 1.45. The van der Waals surface area contributed by atoms with Crippen molar-refractivity contribution in [3.63, 3.8) is 0 Å². The molecule has 0 saturated heterocycles. The van der Waals surface area contributed by atoms with Crippen molar-refractivity contribution in [1.29, 1.82) is 0 Å². The van der Waals surface area contributed by atoms with Gasteiger partial charge in [-0.3, -0.25) is 0 Å². The van der Waals surface area contributed by atoms with Crippen LogP contribution in [0.15, 0.2) is 17.0 Å². The highest BCUT2D eigenvalue weighted by atomic mass is 32.1. The van der Waals surface area contributed by atoms with Crippen LogP contribution in [0.1, 0.15) is 111 Å². The molecule has 6 saturated carbocycles. The fourth-order valence-electron chi connectivity index (χ4n) is 9.39. The molecule has 6 fully saturated rings. The molecule has 0 aromatic heterocycles. The first kappa shape index (κ1) is 17.3. The Kier molecular flexibility index (Phi) is 3.88. The topological polar surface area (TPSA) is 0 Å². The van der Waals surface area contributed by atoms with E-state index in [1.807, 2.05) is 0 Å². The van der Waals surface area contributed by atoms with Gasteiger partial charge in [0, 0.05) is 4.90 Å². The summed E-state index contributed by atoms with van der Waals surface area (Å²) in [7, 11) is 0. The van der Waals surface area contributed by atoms with Crippen LogP contribution < -0.4 is 0 Å². The van der Waals surface area contributed by atoms with Gasteiger partial charge >= 0.3 is 0 Å². The molecule has 0 heterocycles. The van der Waals surface area contributed by atoms with Gasteiger partial charge < -0.3 is 0 Å². The van der Waals surface area contributed by atoms with Gasteiger partial charge in [0.25, 0.3) is 0 Å². The SMILES string of the molecule is Sc1c(C2CC3CCC2C3)cc(C2CC3CCC2C3)cc1C1CC2CCC1C2. The maximum atomic E-state index is 5.29. The Balaban J connectivity index is 1.32. The molecule has 6 bridgehead atoms. The molecule has 0 radical (unpaired) electrons. The molecule has 6 aliphatic carbocycles. The van der Waals surface area contributed by atoms with E-state index < -0.39 is 0 Å². The number of hydrogen-bond donors (Lipinski definition) is 1. The summed E-state index contributed by atoms with van der Waals surface area (Å²) >= 11 is 5.29. The fraction of sp³-hybridized carbons (Fsp3) is 0.778. The summed E-state index contributed by atoms with van der Waals surface area (Å²) in [5.41, 5.74) is 5.16. The smallest absolute Gasteiger partial charge is 0.0110 e. The summed E-state index contributed by atoms with van der Waals surface area (Å²) in [5, 5.41) is 0. The van der Waals surface area contributed by atoms with E-state index in [2.05, 4.69) is 12.1 Å². The minimum Gasteiger partial charge on any atom is -0.143 e. The third kappa shape index (κ3) is 2.50. The van der Waals surface area contributed by atoms with Gasteiger partial charge in [0.15, 0.2) is 0 Å². The second kappa shape index (κ2) is 6.29. The fourth-order valence-corrected chi connectivity index (χ4v) is 9.85. The lowest BCUT2D eigenvalue weighted by molar-refractivity contribution is 0.397. The first-order chi connectivity index (χ1) is 13.7. The number of rotatable bonds is 3. The predicted molar refractivity (Wildman–Crippen MR) is 118 cm³/mol. The van der Waals surface area contributed by atoms with E-state index >= 15 is 0 Å². The van der Waals surface area contributed by atoms with E-state index in [9.17, 15) is 0 Å². The van der Waals surface area contributed by atoms with Gasteiger partial charge in [-0.1, -0.05) is 31.4 Å². The highest BCUT2D eigenvalue weighted by Crippen LogP contribution is 2.59. The largest absolute Gasteiger partial charge is 0.143 e. The maximum absolute atomic E-state index is 5.29. The normalized spacial score (nSPS) is 48.2. The van der Waals surface area contributed by atoms with Crippen LogP contribution in [0.3, 0.4) is 0 Å². The lowest BCUT2D eigenvalue weighted by Crippen LogP contribution is -2.16. The van der Waals surface area contributed by atoms with Gasteiger partial charge in [-0.25, -0.2) is 0 Å². The molecule has 0 N–H and O–H groups in total. The van der Waals surface area contributed by atoms with Gasteiger partial charge in [0.05, 0.1) is 0 Å². The quantitative estimate of drug-likeness (QED) is 0.501. The predicted octanol–water partition coefficient (Wildman–Crippen LogP) is 7.69. The van der Waals surface area contributed by atoms with Crippen molar-refractivity contribution in [2.45, 2.75) is 99.7 Å². The van der Waals surface area contributed by atoms with Gasteiger partial charge in [-0.15, -0.1) is 12.6 Å². The van der Waals surface area contributed by atoms with E-state index in [0.717, 1.165) is 53.3 Å². The molecule has 7 rings (SSSR count). The number of hydrogen-bond acceptors (Lipinski definition) is 1. The Morgan fingerprint density at radius 2 is 0.964 bits per heavy atom. The molecule has 0 nitrogen and oxygen atoms in total. The molecule has 28 heavy (non-hydrogen) atoms. The highest BCUT2D eigenvalue weighted by molar-refractivity contribution is 7.80. The first-order valence-corrected chi connectivity index (χ1v) is 13.0. The molecule has 0 amide bonds. The third-order valence-electron chi connectivity index (χ3n) is 10.6. The van der Waals surface area contributed by atoms with E-state index in [-0.39, 0.29) is 0 Å². The van der Waals surface area contributed by atoms with Crippen LogP contribution in [0.2, 0.25) is 0 Å². The van der Waals surface area contributed by atoms with E-state index in [1.165, 1.54) is 81.9 Å². The summed E-state index contributed by atoms with van der Waals surface area (Å²) in [6.07, 6.45) is 18.0. The Morgan fingerprint density at radius 3 is 1.32 bits per heavy atom. The van der Waals surface area contributed by atoms with Gasteiger partial charge in [0.1, 0.15) is 0 Å². The number of fused-ring (bicyclic) bond motifs is 6. The number of thiol groups is 1. The lowest BCUT2D eigenvalue weighted by Gasteiger charge is -2.31. The lowest BCUT2D eigenvalue weighted by atomic mass is 9.75. The minimum absolute atomic E-state index is 0.835. The molecule has 1 heteroatoms. The van der Waals surface area contributed by atoms with Crippen LogP contribution in [0.5, 0.6) is 0 Å². The molecule has 1 aromatic rings. The average Bonchev–Trinajstić information content (AvgIpc) is 3.55. The summed E-state index contributed by atoms with van der Waals surface area (Å²) in [6, 6.07) is 5.41. The van der Waals surface area contributed by atoms with E-state index in [1.54, 1.807) is 16.7 Å². The zero-order valence-corrected chi connectivity index (χ0v) is 18.2. The van der Waals surface area contributed by atoms with Crippen LogP contribution >= 0.6 is 12.6 Å². The summed E-state index contributed by atoms with van der Waals surface area (Å²) in [6.45, 7) is 0. The van der Waals surface area contributed by atoms with Gasteiger partial charge in [-0.05, 0) is 128 Å². The Morgan fingerprint density at radius 1 is 0.536 bits per heavy atom. The molecular weight excluding hydrogens is 356 g/mol. The average molecular weight is 393 g/mol. The summed E-state index contributed by atoms with van der Waals surface area (Å²) < 4.78 is 0. The Labute approximate surface area is 176 Å². The first-order valence-electron chi connectivity index (χ1n) is 12.6. The Hall–Kier alpha value is -0.430.